The van der Waals surface area contributed by atoms with Gasteiger partial charge in [0.2, 0.25) is 0 Å². The predicted octanol–water partition coefficient (Wildman–Crippen LogP) is 1.56. The molecule has 1 rings (SSSR count). The molecular weight excluding hydrogens is 124 g/mol. The fourth-order valence-electron chi connectivity index (χ4n) is 1.10. The smallest absolute Gasteiger partial charge is 0.0147 e. The highest BCUT2D eigenvalue weighted by molar-refractivity contribution is 4.78. The molecule has 1 heterocycles. The zero-order chi connectivity index (χ0) is 7.07. The van der Waals surface area contributed by atoms with Crippen molar-refractivity contribution in [1.82, 2.24) is 10.9 Å². The summed E-state index contributed by atoms with van der Waals surface area (Å²) in [6.07, 6.45) is 10.8. The minimum atomic E-state index is 1.09. The van der Waals surface area contributed by atoms with Crippen molar-refractivity contribution in [3.63, 3.8) is 0 Å². The first-order chi connectivity index (χ1) is 5.00. The molecule has 0 aromatic carbocycles. The van der Waals surface area contributed by atoms with E-state index in [9.17, 15) is 0 Å². The average Bonchev–Trinajstić information content (AvgIpc) is 2.01. The van der Waals surface area contributed by atoms with E-state index in [2.05, 4.69) is 16.9 Å². The molecule has 0 bridgehead atoms. The predicted molar refractivity (Wildman–Crippen MR) is 43.4 cm³/mol. The van der Waals surface area contributed by atoms with Crippen molar-refractivity contribution in [3.8, 4) is 0 Å². The van der Waals surface area contributed by atoms with Gasteiger partial charge in [-0.1, -0.05) is 18.9 Å². The largest absolute Gasteiger partial charge is 0.329 e. The van der Waals surface area contributed by atoms with Gasteiger partial charge in [0.05, 0.1) is 0 Å². The Morgan fingerprint density at radius 1 is 1.00 bits per heavy atom. The SMILES string of the molecule is C1=C\NNCCCCCC/1. The molecule has 0 fully saturated rings. The standard InChI is InChI=1S/C8H16N2/c1-2-4-6-8-10-9-7-5-3-1/h5,7,9-10H,1-4,6,8H2/b7-5-. The van der Waals surface area contributed by atoms with Crippen molar-refractivity contribution >= 4 is 0 Å². The van der Waals surface area contributed by atoms with Crippen molar-refractivity contribution in [2.45, 2.75) is 32.1 Å². The third-order valence-corrected chi connectivity index (χ3v) is 1.73. The van der Waals surface area contributed by atoms with Gasteiger partial charge in [-0.3, -0.25) is 0 Å². The Kier molecular flexibility index (Phi) is 4.03. The second-order valence-electron chi connectivity index (χ2n) is 2.68. The van der Waals surface area contributed by atoms with Crippen LogP contribution in [0.4, 0.5) is 0 Å². The molecule has 0 atom stereocenters. The Hall–Kier alpha value is -0.500. The lowest BCUT2D eigenvalue weighted by Crippen LogP contribution is -2.27. The van der Waals surface area contributed by atoms with Gasteiger partial charge in [-0.25, -0.2) is 5.43 Å². The highest BCUT2D eigenvalue weighted by Crippen LogP contribution is 2.03. The zero-order valence-electron chi connectivity index (χ0n) is 6.40. The van der Waals surface area contributed by atoms with E-state index >= 15 is 0 Å². The Morgan fingerprint density at radius 2 is 1.90 bits per heavy atom. The number of rotatable bonds is 0. The van der Waals surface area contributed by atoms with Crippen LogP contribution in [0.2, 0.25) is 0 Å². The molecule has 0 aliphatic carbocycles. The highest BCUT2D eigenvalue weighted by Gasteiger charge is 1.89. The molecule has 0 amide bonds. The van der Waals surface area contributed by atoms with Gasteiger partial charge in [-0.05, 0) is 19.3 Å². The molecule has 0 saturated heterocycles. The van der Waals surface area contributed by atoms with Crippen molar-refractivity contribution in [2.75, 3.05) is 6.54 Å². The van der Waals surface area contributed by atoms with Crippen LogP contribution in [-0.4, -0.2) is 6.54 Å². The monoisotopic (exact) mass is 140 g/mol. The Balaban J connectivity index is 2.13. The number of hydrogen-bond acceptors (Lipinski definition) is 2. The lowest BCUT2D eigenvalue weighted by molar-refractivity contribution is 0.550. The third-order valence-electron chi connectivity index (χ3n) is 1.73. The molecule has 0 saturated carbocycles. The second-order valence-corrected chi connectivity index (χ2v) is 2.68. The van der Waals surface area contributed by atoms with Gasteiger partial charge in [0.25, 0.3) is 0 Å². The Bertz CT molecular complexity index is 87.4. The number of hydrazine groups is 1. The van der Waals surface area contributed by atoms with Crippen LogP contribution in [0.3, 0.4) is 0 Å². The van der Waals surface area contributed by atoms with Gasteiger partial charge in [0.15, 0.2) is 0 Å². The van der Waals surface area contributed by atoms with E-state index in [1.54, 1.807) is 0 Å². The van der Waals surface area contributed by atoms with Gasteiger partial charge < -0.3 is 5.43 Å². The summed E-state index contributed by atoms with van der Waals surface area (Å²) in [5.41, 5.74) is 6.14. The van der Waals surface area contributed by atoms with Crippen LogP contribution in [0.25, 0.3) is 0 Å². The minimum Gasteiger partial charge on any atom is -0.329 e. The van der Waals surface area contributed by atoms with E-state index in [0.29, 0.717) is 0 Å². The van der Waals surface area contributed by atoms with E-state index in [1.165, 1.54) is 32.1 Å². The summed E-state index contributed by atoms with van der Waals surface area (Å²) < 4.78 is 0. The molecular formula is C8H16N2. The first-order valence-corrected chi connectivity index (χ1v) is 4.13. The molecule has 0 unspecified atom stereocenters. The first-order valence-electron chi connectivity index (χ1n) is 4.13. The van der Waals surface area contributed by atoms with E-state index in [0.717, 1.165) is 6.54 Å². The lowest BCUT2D eigenvalue weighted by atomic mass is 10.1. The molecule has 2 N–H and O–H groups in total. The molecule has 1 aliphatic rings. The average molecular weight is 140 g/mol. The fourth-order valence-corrected chi connectivity index (χ4v) is 1.10. The molecule has 10 heavy (non-hydrogen) atoms. The van der Waals surface area contributed by atoms with Crippen LogP contribution >= 0.6 is 0 Å². The normalized spacial score (nSPS) is 24.8. The summed E-state index contributed by atoms with van der Waals surface area (Å²) in [5, 5.41) is 0. The van der Waals surface area contributed by atoms with Gasteiger partial charge in [-0.2, -0.15) is 0 Å². The van der Waals surface area contributed by atoms with Crippen molar-refractivity contribution < 1.29 is 0 Å². The lowest BCUT2D eigenvalue weighted by Gasteiger charge is -2.05. The molecule has 0 aromatic heterocycles. The van der Waals surface area contributed by atoms with E-state index in [-0.39, 0.29) is 0 Å². The molecule has 0 radical (unpaired) electrons. The van der Waals surface area contributed by atoms with Gasteiger partial charge in [-0.15, -0.1) is 0 Å². The molecule has 1 aliphatic heterocycles. The van der Waals surface area contributed by atoms with Crippen molar-refractivity contribution in [2.24, 2.45) is 0 Å². The maximum absolute atomic E-state index is 3.12. The van der Waals surface area contributed by atoms with Gasteiger partial charge in [0.1, 0.15) is 0 Å². The van der Waals surface area contributed by atoms with Crippen molar-refractivity contribution in [1.29, 1.82) is 0 Å². The Labute approximate surface area is 62.7 Å². The Morgan fingerprint density at radius 3 is 2.90 bits per heavy atom. The van der Waals surface area contributed by atoms with Crippen LogP contribution in [-0.2, 0) is 0 Å². The summed E-state index contributed by atoms with van der Waals surface area (Å²) >= 11 is 0. The second kappa shape index (κ2) is 5.30. The van der Waals surface area contributed by atoms with E-state index < -0.39 is 0 Å². The highest BCUT2D eigenvalue weighted by atomic mass is 15.3. The topological polar surface area (TPSA) is 24.1 Å². The van der Waals surface area contributed by atoms with E-state index in [4.69, 9.17) is 0 Å². The summed E-state index contributed by atoms with van der Waals surface area (Å²) in [5.74, 6) is 0. The summed E-state index contributed by atoms with van der Waals surface area (Å²) in [7, 11) is 0. The maximum atomic E-state index is 3.12. The first kappa shape index (κ1) is 7.61. The summed E-state index contributed by atoms with van der Waals surface area (Å²) in [6, 6.07) is 0. The maximum Gasteiger partial charge on any atom is 0.0147 e. The summed E-state index contributed by atoms with van der Waals surface area (Å²) in [4.78, 5) is 0. The number of nitrogens with one attached hydrogen (secondary N) is 2. The fraction of sp³-hybridized carbons (Fsp3) is 0.750. The van der Waals surface area contributed by atoms with Gasteiger partial charge >= 0.3 is 0 Å². The van der Waals surface area contributed by atoms with Crippen LogP contribution in [0, 0.1) is 0 Å². The zero-order valence-corrected chi connectivity index (χ0v) is 6.40. The molecule has 58 valence electrons. The molecule has 0 spiro atoms. The van der Waals surface area contributed by atoms with Crippen LogP contribution in [0.1, 0.15) is 32.1 Å². The molecule has 0 aromatic rings. The minimum absolute atomic E-state index is 1.09. The van der Waals surface area contributed by atoms with Gasteiger partial charge in [0, 0.05) is 12.7 Å². The van der Waals surface area contributed by atoms with Crippen LogP contribution in [0.5, 0.6) is 0 Å². The van der Waals surface area contributed by atoms with Crippen LogP contribution < -0.4 is 10.9 Å². The van der Waals surface area contributed by atoms with Crippen molar-refractivity contribution in [3.05, 3.63) is 12.3 Å². The van der Waals surface area contributed by atoms with Crippen LogP contribution in [0.15, 0.2) is 12.3 Å². The quantitative estimate of drug-likeness (QED) is 0.533. The molecule has 2 heteroatoms. The molecule has 2 nitrogen and oxygen atoms in total. The summed E-state index contributed by atoms with van der Waals surface area (Å²) in [6.45, 7) is 1.09. The van der Waals surface area contributed by atoms with E-state index in [1.807, 2.05) is 6.20 Å². The number of hydrogen-bond donors (Lipinski definition) is 2. The third kappa shape index (κ3) is 3.51. The number of allylic oxidation sites excluding steroid dienone is 1.